The fourth-order valence-electron chi connectivity index (χ4n) is 3.23. The molecular formula is C27H28N2O5. The highest BCUT2D eigenvalue weighted by Gasteiger charge is 2.11. The number of hydrogen-bond acceptors (Lipinski definition) is 5. The summed E-state index contributed by atoms with van der Waals surface area (Å²) in [5, 5.41) is 0. The van der Waals surface area contributed by atoms with Gasteiger partial charge in [-0.05, 0) is 66.1 Å². The molecule has 3 aromatic rings. The number of amides is 2. The van der Waals surface area contributed by atoms with E-state index in [2.05, 4.69) is 22.5 Å². The molecule has 0 aliphatic rings. The minimum atomic E-state index is -0.501. The monoisotopic (exact) mass is 460 g/mol. The van der Waals surface area contributed by atoms with Crippen molar-refractivity contribution in [1.82, 2.24) is 10.9 Å². The van der Waals surface area contributed by atoms with Crippen LogP contribution in [-0.4, -0.2) is 31.5 Å². The summed E-state index contributed by atoms with van der Waals surface area (Å²) >= 11 is 0. The molecule has 0 radical (unpaired) electrons. The van der Waals surface area contributed by atoms with Gasteiger partial charge in [0.1, 0.15) is 5.75 Å². The zero-order chi connectivity index (χ0) is 24.3. The van der Waals surface area contributed by atoms with E-state index in [0.29, 0.717) is 23.3 Å². The molecule has 0 unspecified atom stereocenters. The highest BCUT2D eigenvalue weighted by atomic mass is 16.5. The lowest BCUT2D eigenvalue weighted by molar-refractivity contribution is 0.0600. The van der Waals surface area contributed by atoms with Crippen LogP contribution in [0.3, 0.4) is 0 Å². The van der Waals surface area contributed by atoms with Gasteiger partial charge in [0.05, 0.1) is 19.3 Å². The van der Waals surface area contributed by atoms with Crippen molar-refractivity contribution in [2.75, 3.05) is 13.7 Å². The summed E-state index contributed by atoms with van der Waals surface area (Å²) in [6.45, 7) is 2.88. The molecule has 0 spiro atoms. The van der Waals surface area contributed by atoms with Crippen LogP contribution in [0.25, 0.3) is 11.1 Å². The number of nitrogens with one attached hydrogen (secondary N) is 2. The molecule has 7 nitrogen and oxygen atoms in total. The molecule has 0 fully saturated rings. The molecule has 7 heteroatoms. The fourth-order valence-corrected chi connectivity index (χ4v) is 3.23. The van der Waals surface area contributed by atoms with E-state index in [4.69, 9.17) is 4.74 Å². The Bertz CT molecular complexity index is 1110. The van der Waals surface area contributed by atoms with E-state index in [1.165, 1.54) is 31.4 Å². The van der Waals surface area contributed by atoms with Crippen molar-refractivity contribution in [1.29, 1.82) is 0 Å². The van der Waals surface area contributed by atoms with Crippen LogP contribution in [0.5, 0.6) is 5.75 Å². The van der Waals surface area contributed by atoms with Crippen LogP contribution < -0.4 is 15.6 Å². The van der Waals surface area contributed by atoms with Gasteiger partial charge in [-0.15, -0.1) is 0 Å². The number of unbranched alkanes of at least 4 members (excludes halogenated alkanes) is 2. The molecular weight excluding hydrogens is 432 g/mol. The zero-order valence-corrected chi connectivity index (χ0v) is 19.3. The van der Waals surface area contributed by atoms with Crippen LogP contribution in [0, 0.1) is 0 Å². The standard InChI is InChI=1S/C27H28N2O5/c1-3-4-5-18-34-24-16-14-20(15-17-24)19-6-8-21(9-7-19)25(30)28-29-26(31)22-10-12-23(13-11-22)27(32)33-2/h6-17H,3-5,18H2,1-2H3,(H,28,30)(H,29,31). The van der Waals surface area contributed by atoms with Crippen LogP contribution in [0.4, 0.5) is 0 Å². The van der Waals surface area contributed by atoms with Gasteiger partial charge in [-0.1, -0.05) is 44.0 Å². The molecule has 0 aromatic heterocycles. The first-order chi connectivity index (χ1) is 16.5. The molecule has 0 heterocycles. The number of hydrogen-bond donors (Lipinski definition) is 2. The Morgan fingerprint density at radius 3 is 1.65 bits per heavy atom. The van der Waals surface area contributed by atoms with Gasteiger partial charge in [-0.2, -0.15) is 0 Å². The Hall–Kier alpha value is -4.13. The predicted molar refractivity (Wildman–Crippen MR) is 130 cm³/mol. The number of esters is 1. The van der Waals surface area contributed by atoms with Gasteiger partial charge >= 0.3 is 5.97 Å². The number of methoxy groups -OCH3 is 1. The average Bonchev–Trinajstić information content (AvgIpc) is 2.89. The molecule has 0 bridgehead atoms. The minimum Gasteiger partial charge on any atom is -0.494 e. The topological polar surface area (TPSA) is 93.7 Å². The summed E-state index contributed by atoms with van der Waals surface area (Å²) in [4.78, 5) is 36.1. The number of carbonyl (C=O) groups is 3. The first-order valence-corrected chi connectivity index (χ1v) is 11.1. The number of carbonyl (C=O) groups excluding carboxylic acids is 3. The van der Waals surface area contributed by atoms with E-state index < -0.39 is 17.8 Å². The quantitative estimate of drug-likeness (QED) is 0.272. The van der Waals surface area contributed by atoms with E-state index in [0.717, 1.165) is 36.1 Å². The van der Waals surface area contributed by atoms with Crippen molar-refractivity contribution in [3.05, 3.63) is 89.5 Å². The third kappa shape index (κ3) is 6.68. The number of hydrazine groups is 1. The second-order valence-electron chi connectivity index (χ2n) is 7.63. The molecule has 2 amide bonds. The van der Waals surface area contributed by atoms with Crippen molar-refractivity contribution >= 4 is 17.8 Å². The van der Waals surface area contributed by atoms with Crippen LogP contribution in [-0.2, 0) is 4.74 Å². The Kier molecular flexibility index (Phi) is 8.80. The molecule has 0 atom stereocenters. The second kappa shape index (κ2) is 12.2. The maximum atomic E-state index is 12.4. The maximum Gasteiger partial charge on any atom is 0.337 e. The van der Waals surface area contributed by atoms with Crippen molar-refractivity contribution in [2.24, 2.45) is 0 Å². The Morgan fingerprint density at radius 1 is 0.676 bits per heavy atom. The Labute approximate surface area is 199 Å². The molecule has 0 saturated heterocycles. The van der Waals surface area contributed by atoms with Gasteiger partial charge in [0.2, 0.25) is 0 Å². The van der Waals surface area contributed by atoms with E-state index in [9.17, 15) is 14.4 Å². The van der Waals surface area contributed by atoms with E-state index in [-0.39, 0.29) is 0 Å². The molecule has 3 aromatic carbocycles. The molecule has 34 heavy (non-hydrogen) atoms. The number of benzene rings is 3. The van der Waals surface area contributed by atoms with Crippen LogP contribution in [0.15, 0.2) is 72.8 Å². The zero-order valence-electron chi connectivity index (χ0n) is 19.3. The van der Waals surface area contributed by atoms with Crippen LogP contribution >= 0.6 is 0 Å². The van der Waals surface area contributed by atoms with Crippen LogP contribution in [0.1, 0.15) is 57.3 Å². The highest BCUT2D eigenvalue weighted by Crippen LogP contribution is 2.23. The van der Waals surface area contributed by atoms with Gasteiger partial charge in [-0.3, -0.25) is 20.4 Å². The first-order valence-electron chi connectivity index (χ1n) is 11.1. The predicted octanol–water partition coefficient (Wildman–Crippen LogP) is 4.78. The Morgan fingerprint density at radius 2 is 1.15 bits per heavy atom. The second-order valence-corrected chi connectivity index (χ2v) is 7.63. The maximum absolute atomic E-state index is 12.4. The molecule has 0 aliphatic heterocycles. The molecule has 2 N–H and O–H groups in total. The van der Waals surface area contributed by atoms with Gasteiger partial charge in [0.25, 0.3) is 11.8 Å². The lowest BCUT2D eigenvalue weighted by Gasteiger charge is -2.09. The normalized spacial score (nSPS) is 10.3. The lowest BCUT2D eigenvalue weighted by Crippen LogP contribution is -2.41. The molecule has 176 valence electrons. The van der Waals surface area contributed by atoms with Gasteiger partial charge in [-0.25, -0.2) is 4.79 Å². The summed E-state index contributed by atoms with van der Waals surface area (Å²) in [6, 6.07) is 20.8. The SMILES string of the molecule is CCCCCOc1ccc(-c2ccc(C(=O)NNC(=O)c3ccc(C(=O)OC)cc3)cc2)cc1. The largest absolute Gasteiger partial charge is 0.494 e. The summed E-state index contributed by atoms with van der Waals surface area (Å²) in [6.07, 6.45) is 3.37. The Balaban J connectivity index is 1.52. The van der Waals surface area contributed by atoms with E-state index >= 15 is 0 Å². The summed E-state index contributed by atoms with van der Waals surface area (Å²) < 4.78 is 10.4. The third-order valence-corrected chi connectivity index (χ3v) is 5.21. The van der Waals surface area contributed by atoms with Gasteiger partial charge < -0.3 is 9.47 Å². The minimum absolute atomic E-state index is 0.293. The summed E-state index contributed by atoms with van der Waals surface area (Å²) in [7, 11) is 1.28. The number of rotatable bonds is 9. The summed E-state index contributed by atoms with van der Waals surface area (Å²) in [5.74, 6) is -0.595. The smallest absolute Gasteiger partial charge is 0.337 e. The van der Waals surface area contributed by atoms with Crippen molar-refractivity contribution < 1.29 is 23.9 Å². The van der Waals surface area contributed by atoms with Crippen molar-refractivity contribution in [3.63, 3.8) is 0 Å². The lowest BCUT2D eigenvalue weighted by atomic mass is 10.0. The molecule has 0 aliphatic carbocycles. The summed E-state index contributed by atoms with van der Waals surface area (Å²) in [5.41, 5.74) is 7.76. The first kappa shape index (κ1) is 24.5. The third-order valence-electron chi connectivity index (χ3n) is 5.21. The van der Waals surface area contributed by atoms with Crippen molar-refractivity contribution in [2.45, 2.75) is 26.2 Å². The van der Waals surface area contributed by atoms with Gasteiger partial charge in [0, 0.05) is 11.1 Å². The molecule has 3 rings (SSSR count). The van der Waals surface area contributed by atoms with Crippen molar-refractivity contribution in [3.8, 4) is 16.9 Å². The fraction of sp³-hybridized carbons (Fsp3) is 0.222. The van der Waals surface area contributed by atoms with E-state index in [1.54, 1.807) is 12.1 Å². The van der Waals surface area contributed by atoms with Crippen LogP contribution in [0.2, 0.25) is 0 Å². The average molecular weight is 461 g/mol. The van der Waals surface area contributed by atoms with Gasteiger partial charge in [0.15, 0.2) is 0 Å². The molecule has 0 saturated carbocycles. The number of ether oxygens (including phenoxy) is 2. The highest BCUT2D eigenvalue weighted by molar-refractivity contribution is 6.00. The van der Waals surface area contributed by atoms with E-state index in [1.807, 2.05) is 36.4 Å².